The van der Waals surface area contributed by atoms with E-state index in [0.29, 0.717) is 16.3 Å². The first-order chi connectivity index (χ1) is 15.0. The first-order valence-electron chi connectivity index (χ1n) is 9.73. The largest absolute Gasteiger partial charge is 0.426 e. The molecule has 14 heteroatoms. The molecule has 1 aliphatic carbocycles. The first kappa shape index (κ1) is 25.4. The molecule has 0 bridgehead atoms. The Morgan fingerprint density at radius 1 is 1.09 bits per heavy atom. The van der Waals surface area contributed by atoms with Crippen molar-refractivity contribution in [2.75, 3.05) is 5.75 Å². The van der Waals surface area contributed by atoms with Gasteiger partial charge in [-0.25, -0.2) is 22.2 Å². The highest BCUT2D eigenvalue weighted by Crippen LogP contribution is 2.51. The van der Waals surface area contributed by atoms with E-state index < -0.39 is 52.0 Å². The van der Waals surface area contributed by atoms with Gasteiger partial charge in [0.2, 0.25) is 0 Å². The van der Waals surface area contributed by atoms with Gasteiger partial charge in [-0.3, -0.25) is 4.98 Å². The van der Waals surface area contributed by atoms with Crippen LogP contribution in [0, 0.1) is 0 Å². The fourth-order valence-corrected chi connectivity index (χ4v) is 4.46. The van der Waals surface area contributed by atoms with Crippen molar-refractivity contribution in [2.45, 2.75) is 61.2 Å². The van der Waals surface area contributed by atoms with E-state index >= 15 is 0 Å². The summed E-state index contributed by atoms with van der Waals surface area (Å²) < 4.78 is 133. The summed E-state index contributed by atoms with van der Waals surface area (Å²) in [5.74, 6) is -0.684. The summed E-state index contributed by atoms with van der Waals surface area (Å²) in [4.78, 5) is 7.42. The van der Waals surface area contributed by atoms with Gasteiger partial charge in [0.25, 0.3) is 5.67 Å². The van der Waals surface area contributed by atoms with Crippen LogP contribution in [0.5, 0.6) is 0 Å². The van der Waals surface area contributed by atoms with E-state index in [-0.39, 0.29) is 22.3 Å². The van der Waals surface area contributed by atoms with Gasteiger partial charge in [-0.1, -0.05) is 6.92 Å². The molecule has 0 radical (unpaired) electrons. The third kappa shape index (κ3) is 4.85. The molecule has 2 atom stereocenters. The monoisotopic (exact) mass is 505 g/mol. The lowest BCUT2D eigenvalue weighted by Gasteiger charge is -2.31. The smallest absolute Gasteiger partial charge is 0.327 e. The summed E-state index contributed by atoms with van der Waals surface area (Å²) in [5, 5.41) is 0. The quantitative estimate of drug-likeness (QED) is 0.474. The van der Waals surface area contributed by atoms with E-state index in [1.807, 2.05) is 0 Å². The van der Waals surface area contributed by atoms with E-state index in [0.717, 1.165) is 19.9 Å². The van der Waals surface area contributed by atoms with Gasteiger partial charge in [0.05, 0.1) is 29.0 Å². The van der Waals surface area contributed by atoms with Crippen LogP contribution in [0.4, 0.5) is 35.1 Å². The van der Waals surface area contributed by atoms with Crippen LogP contribution >= 0.6 is 0 Å². The van der Waals surface area contributed by atoms with E-state index in [1.54, 1.807) is 0 Å². The highest BCUT2D eigenvalue weighted by atomic mass is 32.2. The third-order valence-corrected chi connectivity index (χ3v) is 7.21. The molecule has 1 fully saturated rings. The van der Waals surface area contributed by atoms with Crippen molar-refractivity contribution in [3.63, 3.8) is 0 Å². The predicted molar refractivity (Wildman–Crippen MR) is 101 cm³/mol. The second-order valence-corrected chi connectivity index (χ2v) is 10.1. The average molecular weight is 505 g/mol. The molecule has 0 saturated heterocycles. The molecule has 1 aliphatic rings. The highest BCUT2D eigenvalue weighted by Gasteiger charge is 2.66. The van der Waals surface area contributed by atoms with Crippen LogP contribution in [0.1, 0.15) is 49.5 Å². The van der Waals surface area contributed by atoms with Crippen molar-refractivity contribution in [3.8, 4) is 11.5 Å². The number of hydrogen-bond donors (Lipinski definition) is 0. The molecule has 5 nitrogen and oxygen atoms in total. The van der Waals surface area contributed by atoms with Gasteiger partial charge in [0.15, 0.2) is 21.8 Å². The van der Waals surface area contributed by atoms with Crippen LogP contribution < -0.4 is 0 Å². The standard InChI is InChI=1S/C19H19F8N3O2S/c1-3-33(31,32)13-6-11(10-4-5-10)7-28-14(13)16-29-8-12(30(16)2)15(20)17(21,19(25,26)27)9-18(22,23)24/h6-8,10,15H,3-5,9H2,1-2H3. The van der Waals surface area contributed by atoms with E-state index in [9.17, 15) is 43.5 Å². The van der Waals surface area contributed by atoms with Crippen LogP contribution in [-0.2, 0) is 16.9 Å². The lowest BCUT2D eigenvalue weighted by molar-refractivity contribution is -0.286. The van der Waals surface area contributed by atoms with Gasteiger partial charge in [0.1, 0.15) is 5.69 Å². The van der Waals surface area contributed by atoms with Crippen molar-refractivity contribution >= 4 is 9.84 Å². The van der Waals surface area contributed by atoms with Crippen LogP contribution in [0.3, 0.4) is 0 Å². The number of rotatable bonds is 7. The minimum Gasteiger partial charge on any atom is -0.327 e. The zero-order valence-electron chi connectivity index (χ0n) is 17.3. The van der Waals surface area contributed by atoms with Crippen molar-refractivity contribution in [3.05, 3.63) is 29.7 Å². The van der Waals surface area contributed by atoms with Gasteiger partial charge in [0, 0.05) is 13.2 Å². The summed E-state index contributed by atoms with van der Waals surface area (Å²) >= 11 is 0. The number of pyridine rings is 1. The maximum atomic E-state index is 14.8. The number of aromatic nitrogens is 3. The van der Waals surface area contributed by atoms with Crippen molar-refractivity contribution in [1.82, 2.24) is 14.5 Å². The second kappa shape index (κ2) is 8.20. The summed E-state index contributed by atoms with van der Waals surface area (Å²) in [6.45, 7) is 1.35. The molecule has 2 aromatic rings. The zero-order chi connectivity index (χ0) is 25.0. The molecule has 184 valence electrons. The summed E-state index contributed by atoms with van der Waals surface area (Å²) in [7, 11) is -2.98. The summed E-state index contributed by atoms with van der Waals surface area (Å²) in [6, 6.07) is 1.35. The van der Waals surface area contributed by atoms with E-state index in [1.165, 1.54) is 19.2 Å². The van der Waals surface area contributed by atoms with E-state index in [2.05, 4.69) is 9.97 Å². The molecule has 0 aromatic carbocycles. The Kier molecular flexibility index (Phi) is 6.31. The Bertz CT molecular complexity index is 1140. The van der Waals surface area contributed by atoms with Crippen LogP contribution in [-0.4, -0.2) is 46.7 Å². The van der Waals surface area contributed by atoms with Gasteiger partial charge in [-0.15, -0.1) is 0 Å². The minimum absolute atomic E-state index is 0.103. The molecule has 0 aliphatic heterocycles. The maximum absolute atomic E-state index is 14.8. The van der Waals surface area contributed by atoms with Gasteiger partial charge < -0.3 is 4.57 Å². The molecule has 0 N–H and O–H groups in total. The number of nitrogens with zero attached hydrogens (tertiary/aromatic N) is 3. The molecule has 2 unspecified atom stereocenters. The van der Waals surface area contributed by atoms with Gasteiger partial charge >= 0.3 is 12.4 Å². The van der Waals surface area contributed by atoms with E-state index in [4.69, 9.17) is 0 Å². The predicted octanol–water partition coefficient (Wildman–Crippen LogP) is 5.39. The van der Waals surface area contributed by atoms with Gasteiger partial charge in [-0.05, 0) is 30.4 Å². The summed E-state index contributed by atoms with van der Waals surface area (Å²) in [5.41, 5.74) is -6.14. The van der Waals surface area contributed by atoms with Crippen molar-refractivity contribution in [2.24, 2.45) is 7.05 Å². The van der Waals surface area contributed by atoms with Gasteiger partial charge in [-0.2, -0.15) is 26.3 Å². The molecule has 0 amide bonds. The Morgan fingerprint density at radius 3 is 2.18 bits per heavy atom. The number of sulfone groups is 1. The molecule has 1 saturated carbocycles. The molecule has 2 heterocycles. The minimum atomic E-state index is -6.19. The Hall–Kier alpha value is -2.25. The fourth-order valence-electron chi connectivity index (χ4n) is 3.40. The lowest BCUT2D eigenvalue weighted by Crippen LogP contribution is -2.48. The maximum Gasteiger partial charge on any atom is 0.426 e. The highest BCUT2D eigenvalue weighted by molar-refractivity contribution is 7.91. The topological polar surface area (TPSA) is 64.8 Å². The first-order valence-corrected chi connectivity index (χ1v) is 11.4. The molecule has 3 rings (SSSR count). The van der Waals surface area contributed by atoms with Crippen LogP contribution in [0.2, 0.25) is 0 Å². The fraction of sp³-hybridized carbons (Fsp3) is 0.579. The van der Waals surface area contributed by atoms with Crippen LogP contribution in [0.25, 0.3) is 11.5 Å². The molecule has 0 spiro atoms. The average Bonchev–Trinajstić information content (AvgIpc) is 3.47. The molecule has 33 heavy (non-hydrogen) atoms. The number of halogens is 8. The number of hydrogen-bond acceptors (Lipinski definition) is 4. The Labute approximate surface area is 183 Å². The van der Waals surface area contributed by atoms with Crippen molar-refractivity contribution < 1.29 is 43.5 Å². The number of alkyl halides is 8. The van der Waals surface area contributed by atoms with Crippen molar-refractivity contribution in [1.29, 1.82) is 0 Å². The SMILES string of the molecule is CCS(=O)(=O)c1cc(C2CC2)cnc1-c1ncc(C(F)C(F)(CC(F)(F)F)C(F)(F)F)n1C. The Morgan fingerprint density at radius 2 is 1.70 bits per heavy atom. The molecule has 2 aromatic heterocycles. The molecular formula is C19H19F8N3O2S. The zero-order valence-corrected chi connectivity index (χ0v) is 18.1. The second-order valence-electron chi connectivity index (χ2n) is 7.87. The molecular weight excluding hydrogens is 486 g/mol. The lowest BCUT2D eigenvalue weighted by atomic mass is 9.92. The Balaban J connectivity index is 2.12. The third-order valence-electron chi connectivity index (χ3n) is 5.46. The van der Waals surface area contributed by atoms with Crippen LogP contribution in [0.15, 0.2) is 23.4 Å². The summed E-state index contributed by atoms with van der Waals surface area (Å²) in [6.07, 6.45) is -15.3. The number of imidazole rings is 1. The normalized spacial score (nSPS) is 18.2.